The Labute approximate surface area is 187 Å². The molecular formula is C23H22N4O2S2. The SMILES string of the molecule is Cc1nn(-c2ccccc2)c2sc(C(=O)Nc3sc4c(c3C(N)=O)CCC(C)C4)cc12. The van der Waals surface area contributed by atoms with Gasteiger partial charge in [-0.25, -0.2) is 4.68 Å². The van der Waals surface area contributed by atoms with Crippen LogP contribution in [0.3, 0.4) is 0 Å². The standard InChI is InChI=1S/C23H22N4O2S2/c1-12-8-9-15-17(10-12)30-22(19(15)20(24)28)25-21(29)18-11-16-13(2)26-27(23(16)31-18)14-6-4-3-5-7-14/h3-7,11-12H,8-10H2,1-2H3,(H2,24,28)(H,25,29). The lowest BCUT2D eigenvalue weighted by Gasteiger charge is -2.18. The van der Waals surface area contributed by atoms with Gasteiger partial charge in [0.25, 0.3) is 11.8 Å². The fraction of sp³-hybridized carbons (Fsp3) is 0.261. The monoisotopic (exact) mass is 450 g/mol. The van der Waals surface area contributed by atoms with E-state index in [2.05, 4.69) is 17.3 Å². The molecule has 1 aliphatic rings. The third-order valence-corrected chi connectivity index (χ3v) is 8.03. The van der Waals surface area contributed by atoms with Crippen molar-refractivity contribution in [2.45, 2.75) is 33.1 Å². The Balaban J connectivity index is 1.50. The van der Waals surface area contributed by atoms with E-state index in [-0.39, 0.29) is 5.91 Å². The lowest BCUT2D eigenvalue weighted by molar-refractivity contribution is 0.1000. The van der Waals surface area contributed by atoms with Gasteiger partial charge >= 0.3 is 0 Å². The van der Waals surface area contributed by atoms with Gasteiger partial charge in [0.15, 0.2) is 0 Å². The Hall–Kier alpha value is -2.97. The molecule has 8 heteroatoms. The summed E-state index contributed by atoms with van der Waals surface area (Å²) in [5.41, 5.74) is 9.00. The molecule has 1 unspecified atom stereocenters. The highest BCUT2D eigenvalue weighted by Gasteiger charge is 2.28. The highest BCUT2D eigenvalue weighted by molar-refractivity contribution is 7.21. The summed E-state index contributed by atoms with van der Waals surface area (Å²) in [5.74, 6) is -0.134. The maximum absolute atomic E-state index is 13.1. The second-order valence-corrected chi connectivity index (χ2v) is 10.2. The summed E-state index contributed by atoms with van der Waals surface area (Å²) in [6.45, 7) is 4.15. The highest BCUT2D eigenvalue weighted by Crippen LogP contribution is 2.40. The number of fused-ring (bicyclic) bond motifs is 2. The van der Waals surface area contributed by atoms with Crippen LogP contribution in [0.1, 0.15) is 49.5 Å². The number of hydrogen-bond donors (Lipinski definition) is 2. The third-order valence-electron chi connectivity index (χ3n) is 5.75. The lowest BCUT2D eigenvalue weighted by atomic mass is 9.88. The number of nitrogens with zero attached hydrogens (tertiary/aromatic N) is 2. The molecule has 1 aromatic carbocycles. The summed E-state index contributed by atoms with van der Waals surface area (Å²) >= 11 is 2.88. The molecule has 3 N–H and O–H groups in total. The van der Waals surface area contributed by atoms with Crippen LogP contribution in [0.2, 0.25) is 0 Å². The molecular weight excluding hydrogens is 428 g/mol. The largest absolute Gasteiger partial charge is 0.365 e. The molecule has 1 atom stereocenters. The number of amides is 2. The molecule has 2 amide bonds. The van der Waals surface area contributed by atoms with E-state index < -0.39 is 5.91 Å². The summed E-state index contributed by atoms with van der Waals surface area (Å²) in [7, 11) is 0. The Bertz CT molecular complexity index is 1320. The number of hydrogen-bond acceptors (Lipinski definition) is 5. The first-order chi connectivity index (χ1) is 14.9. The second-order valence-electron chi connectivity index (χ2n) is 8.04. The van der Waals surface area contributed by atoms with E-state index in [1.54, 1.807) is 0 Å². The number of primary amides is 1. The van der Waals surface area contributed by atoms with Gasteiger partial charge in [-0.05, 0) is 55.9 Å². The van der Waals surface area contributed by atoms with E-state index in [0.717, 1.165) is 51.3 Å². The van der Waals surface area contributed by atoms with Crippen LogP contribution in [-0.4, -0.2) is 21.6 Å². The van der Waals surface area contributed by atoms with E-state index in [9.17, 15) is 9.59 Å². The first kappa shape index (κ1) is 20.0. The van der Waals surface area contributed by atoms with Crippen LogP contribution in [0.25, 0.3) is 15.9 Å². The summed E-state index contributed by atoms with van der Waals surface area (Å²) in [4.78, 5) is 27.9. The van der Waals surface area contributed by atoms with Gasteiger partial charge in [-0.1, -0.05) is 25.1 Å². The van der Waals surface area contributed by atoms with Gasteiger partial charge in [0.1, 0.15) is 9.83 Å². The van der Waals surface area contributed by atoms with Gasteiger partial charge in [-0.3, -0.25) is 9.59 Å². The van der Waals surface area contributed by atoms with E-state index in [1.807, 2.05) is 48.0 Å². The van der Waals surface area contributed by atoms with Crippen LogP contribution in [0.15, 0.2) is 36.4 Å². The smallest absolute Gasteiger partial charge is 0.266 e. The van der Waals surface area contributed by atoms with Gasteiger partial charge in [-0.15, -0.1) is 22.7 Å². The molecule has 3 heterocycles. The van der Waals surface area contributed by atoms with Crippen molar-refractivity contribution in [3.63, 3.8) is 0 Å². The number of carbonyl (C=O) groups excluding carboxylic acids is 2. The van der Waals surface area contributed by atoms with Crippen molar-refractivity contribution in [1.29, 1.82) is 0 Å². The van der Waals surface area contributed by atoms with Gasteiger partial charge in [0, 0.05) is 10.3 Å². The maximum atomic E-state index is 13.1. The van der Waals surface area contributed by atoms with Crippen LogP contribution in [0.5, 0.6) is 0 Å². The van der Waals surface area contributed by atoms with Gasteiger partial charge in [0.05, 0.1) is 21.8 Å². The third kappa shape index (κ3) is 3.45. The molecule has 5 rings (SSSR count). The number of anilines is 1. The number of benzene rings is 1. The van der Waals surface area contributed by atoms with Crippen molar-refractivity contribution in [2.75, 3.05) is 5.32 Å². The summed E-state index contributed by atoms with van der Waals surface area (Å²) in [6, 6.07) is 11.7. The number of aromatic nitrogens is 2. The topological polar surface area (TPSA) is 90.0 Å². The molecule has 0 radical (unpaired) electrons. The molecule has 0 aliphatic heterocycles. The predicted molar refractivity (Wildman–Crippen MR) is 126 cm³/mol. The number of rotatable bonds is 4. The Morgan fingerprint density at radius 2 is 2.00 bits per heavy atom. The minimum absolute atomic E-state index is 0.227. The highest BCUT2D eigenvalue weighted by atomic mass is 32.1. The predicted octanol–water partition coefficient (Wildman–Crippen LogP) is 4.93. The minimum atomic E-state index is -0.478. The van der Waals surface area contributed by atoms with E-state index in [0.29, 0.717) is 21.4 Å². The number of nitrogens with one attached hydrogen (secondary N) is 1. The van der Waals surface area contributed by atoms with Crippen molar-refractivity contribution in [2.24, 2.45) is 11.7 Å². The van der Waals surface area contributed by atoms with Crippen LogP contribution >= 0.6 is 22.7 Å². The first-order valence-corrected chi connectivity index (χ1v) is 11.9. The molecule has 158 valence electrons. The molecule has 31 heavy (non-hydrogen) atoms. The quantitative estimate of drug-likeness (QED) is 0.462. The summed E-state index contributed by atoms with van der Waals surface area (Å²) in [6.07, 6.45) is 2.78. The van der Waals surface area contributed by atoms with Gasteiger partial charge < -0.3 is 11.1 Å². The molecule has 4 aromatic rings. The lowest BCUT2D eigenvalue weighted by Crippen LogP contribution is -2.19. The van der Waals surface area contributed by atoms with Crippen molar-refractivity contribution in [1.82, 2.24) is 9.78 Å². The number of carbonyl (C=O) groups is 2. The molecule has 0 spiro atoms. The fourth-order valence-electron chi connectivity index (χ4n) is 4.17. The van der Waals surface area contributed by atoms with Crippen molar-refractivity contribution < 1.29 is 9.59 Å². The first-order valence-electron chi connectivity index (χ1n) is 10.2. The normalized spacial score (nSPS) is 15.7. The number of nitrogens with two attached hydrogens (primary N) is 1. The maximum Gasteiger partial charge on any atom is 0.266 e. The Morgan fingerprint density at radius 1 is 1.23 bits per heavy atom. The molecule has 0 bridgehead atoms. The van der Waals surface area contributed by atoms with Crippen LogP contribution in [-0.2, 0) is 12.8 Å². The van der Waals surface area contributed by atoms with Crippen LogP contribution < -0.4 is 11.1 Å². The molecule has 3 aromatic heterocycles. The van der Waals surface area contributed by atoms with Crippen LogP contribution in [0.4, 0.5) is 5.00 Å². The molecule has 0 saturated carbocycles. The Kier molecular flexibility index (Phi) is 4.91. The van der Waals surface area contributed by atoms with Crippen molar-refractivity contribution in [3.05, 3.63) is 63.0 Å². The van der Waals surface area contributed by atoms with Crippen molar-refractivity contribution in [3.8, 4) is 5.69 Å². The van der Waals surface area contributed by atoms with Gasteiger partial charge in [0.2, 0.25) is 0 Å². The molecule has 0 saturated heterocycles. The van der Waals surface area contributed by atoms with Crippen molar-refractivity contribution >= 4 is 49.7 Å². The number of aryl methyl sites for hydroxylation is 1. The number of thiophene rings is 2. The van der Waals surface area contributed by atoms with E-state index >= 15 is 0 Å². The average molecular weight is 451 g/mol. The molecule has 6 nitrogen and oxygen atoms in total. The van der Waals surface area contributed by atoms with Gasteiger partial charge in [-0.2, -0.15) is 5.10 Å². The van der Waals surface area contributed by atoms with E-state index in [1.165, 1.54) is 22.7 Å². The fourth-order valence-corrected chi connectivity index (χ4v) is 6.66. The van der Waals surface area contributed by atoms with Crippen LogP contribution in [0, 0.1) is 12.8 Å². The Morgan fingerprint density at radius 3 is 2.74 bits per heavy atom. The second kappa shape index (κ2) is 7.62. The summed E-state index contributed by atoms with van der Waals surface area (Å²) in [5, 5.41) is 9.12. The number of para-hydroxylation sites is 1. The minimum Gasteiger partial charge on any atom is -0.365 e. The summed E-state index contributed by atoms with van der Waals surface area (Å²) < 4.78 is 1.87. The average Bonchev–Trinajstić information content (AvgIpc) is 3.41. The zero-order valence-corrected chi connectivity index (χ0v) is 18.9. The zero-order valence-electron chi connectivity index (χ0n) is 17.3. The van der Waals surface area contributed by atoms with E-state index in [4.69, 9.17) is 5.73 Å². The zero-order chi connectivity index (χ0) is 21.7. The molecule has 0 fully saturated rings. The molecule has 1 aliphatic carbocycles.